The molecule has 1 amide bonds. The molecule has 0 atom stereocenters. The molecule has 1 fully saturated rings. The fraction of sp³-hybridized carbons (Fsp3) is 0.318. The molecular formula is C22H23N5O4S2. The second kappa shape index (κ2) is 9.93. The van der Waals surface area contributed by atoms with Crippen LogP contribution in [0.4, 0.5) is 5.69 Å². The number of carbonyl (C=O) groups excluding carboxylic acids is 1. The van der Waals surface area contributed by atoms with Gasteiger partial charge in [0.25, 0.3) is 0 Å². The van der Waals surface area contributed by atoms with Gasteiger partial charge in [-0.25, -0.2) is 13.4 Å². The van der Waals surface area contributed by atoms with Crippen LogP contribution in [0, 0.1) is 11.3 Å². The van der Waals surface area contributed by atoms with E-state index >= 15 is 0 Å². The van der Waals surface area contributed by atoms with Crippen molar-refractivity contribution >= 4 is 44.4 Å². The van der Waals surface area contributed by atoms with Gasteiger partial charge < -0.3 is 14.6 Å². The van der Waals surface area contributed by atoms with E-state index in [1.54, 1.807) is 42.5 Å². The molecule has 9 nitrogen and oxygen atoms in total. The maximum atomic E-state index is 13.0. The number of imidazole rings is 1. The lowest BCUT2D eigenvalue weighted by molar-refractivity contribution is -0.113. The van der Waals surface area contributed by atoms with Gasteiger partial charge in [0.1, 0.15) is 0 Å². The highest BCUT2D eigenvalue weighted by Gasteiger charge is 2.27. The van der Waals surface area contributed by atoms with Crippen molar-refractivity contribution in [3.8, 4) is 6.07 Å². The summed E-state index contributed by atoms with van der Waals surface area (Å²) in [6.45, 7) is 4.02. The summed E-state index contributed by atoms with van der Waals surface area (Å²) in [5.74, 6) is -0.0978. The van der Waals surface area contributed by atoms with Gasteiger partial charge in [0.15, 0.2) is 5.16 Å². The van der Waals surface area contributed by atoms with E-state index < -0.39 is 10.0 Å². The smallest absolute Gasteiger partial charge is 0.243 e. The number of benzene rings is 2. The van der Waals surface area contributed by atoms with E-state index in [0.29, 0.717) is 54.8 Å². The first kappa shape index (κ1) is 23.3. The predicted octanol–water partition coefficient (Wildman–Crippen LogP) is 2.68. The number of rotatable bonds is 7. The molecule has 0 spiro atoms. The van der Waals surface area contributed by atoms with Gasteiger partial charge in [-0.3, -0.25) is 4.79 Å². The Morgan fingerprint density at radius 1 is 1.24 bits per heavy atom. The molecule has 11 heteroatoms. The number of morpholine rings is 1. The molecule has 0 unspecified atom stereocenters. The molecule has 0 aliphatic carbocycles. The van der Waals surface area contributed by atoms with E-state index in [4.69, 9.17) is 10.00 Å². The van der Waals surface area contributed by atoms with Crippen molar-refractivity contribution < 1.29 is 17.9 Å². The van der Waals surface area contributed by atoms with Crippen molar-refractivity contribution in [3.63, 3.8) is 0 Å². The molecule has 0 bridgehead atoms. The lowest BCUT2D eigenvalue weighted by Crippen LogP contribution is -2.40. The number of carbonyl (C=O) groups is 1. The number of fused-ring (bicyclic) bond motifs is 1. The SMILES string of the molecule is CCn1c(SCC(=O)Nc2cccc(C#N)c2)nc2cc(S(=O)(=O)N3CCOCC3)ccc21. The summed E-state index contributed by atoms with van der Waals surface area (Å²) in [7, 11) is -3.62. The Hall–Kier alpha value is -2.91. The van der Waals surface area contributed by atoms with Gasteiger partial charge in [-0.2, -0.15) is 9.57 Å². The van der Waals surface area contributed by atoms with Crippen LogP contribution in [0.1, 0.15) is 12.5 Å². The standard InChI is InChI=1S/C22H23N5O4S2/c1-2-27-20-7-6-18(33(29,30)26-8-10-31-11-9-26)13-19(20)25-22(27)32-15-21(28)24-17-5-3-4-16(12-17)14-23/h3-7,12-13H,2,8-11,15H2,1H3,(H,24,28). The maximum Gasteiger partial charge on any atom is 0.243 e. The Kier molecular flexibility index (Phi) is 6.99. The summed E-state index contributed by atoms with van der Waals surface area (Å²) in [6, 6.07) is 13.7. The van der Waals surface area contributed by atoms with Crippen molar-refractivity contribution in [2.45, 2.75) is 23.5 Å². The van der Waals surface area contributed by atoms with Gasteiger partial charge in [-0.05, 0) is 43.3 Å². The topological polar surface area (TPSA) is 117 Å². The largest absolute Gasteiger partial charge is 0.379 e. The van der Waals surface area contributed by atoms with E-state index in [1.165, 1.54) is 16.1 Å². The zero-order chi connectivity index (χ0) is 23.4. The number of anilines is 1. The number of thioether (sulfide) groups is 1. The molecule has 1 N–H and O–H groups in total. The Morgan fingerprint density at radius 3 is 2.76 bits per heavy atom. The molecule has 1 saturated heterocycles. The van der Waals surface area contributed by atoms with Gasteiger partial charge in [0, 0.05) is 25.3 Å². The summed E-state index contributed by atoms with van der Waals surface area (Å²) >= 11 is 1.27. The zero-order valence-corrected chi connectivity index (χ0v) is 19.7. The van der Waals surface area contributed by atoms with Crippen molar-refractivity contribution in [1.29, 1.82) is 5.26 Å². The number of hydrogen-bond donors (Lipinski definition) is 1. The number of nitrogens with zero attached hydrogens (tertiary/aromatic N) is 4. The van der Waals surface area contributed by atoms with Gasteiger partial charge in [-0.15, -0.1) is 0 Å². The molecule has 3 aromatic rings. The normalized spacial score (nSPS) is 14.8. The Bertz CT molecular complexity index is 1320. The van der Waals surface area contributed by atoms with Crippen molar-refractivity contribution in [3.05, 3.63) is 48.0 Å². The average molecular weight is 486 g/mol. The number of amides is 1. The third kappa shape index (κ3) is 5.04. The molecule has 1 aliphatic heterocycles. The summed E-state index contributed by atoms with van der Waals surface area (Å²) in [4.78, 5) is 17.2. The molecule has 1 aromatic heterocycles. The van der Waals surface area contributed by atoms with E-state index in [9.17, 15) is 13.2 Å². The van der Waals surface area contributed by atoms with Crippen LogP contribution in [0.5, 0.6) is 0 Å². The van der Waals surface area contributed by atoms with Gasteiger partial charge in [0.2, 0.25) is 15.9 Å². The van der Waals surface area contributed by atoms with Crippen LogP contribution in [-0.2, 0) is 26.1 Å². The highest BCUT2D eigenvalue weighted by molar-refractivity contribution is 7.99. The molecule has 0 radical (unpaired) electrons. The quantitative estimate of drug-likeness (QED) is 0.511. The summed E-state index contributed by atoms with van der Waals surface area (Å²) in [5.41, 5.74) is 2.40. The third-order valence-electron chi connectivity index (χ3n) is 5.22. The van der Waals surface area contributed by atoms with Crippen molar-refractivity contribution in [2.24, 2.45) is 0 Å². The zero-order valence-electron chi connectivity index (χ0n) is 18.0. The monoisotopic (exact) mass is 485 g/mol. The second-order valence-corrected chi connectivity index (χ2v) is 10.2. The lowest BCUT2D eigenvalue weighted by atomic mass is 10.2. The number of aromatic nitrogens is 2. The summed E-state index contributed by atoms with van der Waals surface area (Å²) < 4.78 is 34.6. The van der Waals surface area contributed by atoms with Gasteiger partial charge in [-0.1, -0.05) is 17.8 Å². The molecule has 1 aliphatic rings. The van der Waals surface area contributed by atoms with Crippen LogP contribution < -0.4 is 5.32 Å². The number of nitriles is 1. The molecule has 2 aromatic carbocycles. The molecular weight excluding hydrogens is 462 g/mol. The summed E-state index contributed by atoms with van der Waals surface area (Å²) in [6.07, 6.45) is 0. The molecule has 172 valence electrons. The Balaban J connectivity index is 1.52. The minimum Gasteiger partial charge on any atom is -0.379 e. The Labute approximate surface area is 196 Å². The van der Waals surface area contributed by atoms with E-state index in [1.807, 2.05) is 17.6 Å². The fourth-order valence-electron chi connectivity index (χ4n) is 3.59. The van der Waals surface area contributed by atoms with E-state index in [-0.39, 0.29) is 16.6 Å². The average Bonchev–Trinajstić information content (AvgIpc) is 3.20. The van der Waals surface area contributed by atoms with Gasteiger partial charge in [0.05, 0.1) is 46.5 Å². The molecule has 0 saturated carbocycles. The maximum absolute atomic E-state index is 13.0. The highest BCUT2D eigenvalue weighted by Crippen LogP contribution is 2.27. The molecule has 33 heavy (non-hydrogen) atoms. The first-order valence-corrected chi connectivity index (χ1v) is 12.9. The number of sulfonamides is 1. The number of aryl methyl sites for hydroxylation is 1. The minimum absolute atomic E-state index is 0.124. The lowest BCUT2D eigenvalue weighted by Gasteiger charge is -2.26. The number of ether oxygens (including phenoxy) is 1. The first-order chi connectivity index (χ1) is 15.9. The van der Waals surface area contributed by atoms with Crippen LogP contribution in [-0.4, -0.2) is 60.2 Å². The number of nitrogens with one attached hydrogen (secondary N) is 1. The van der Waals surface area contributed by atoms with E-state index in [0.717, 1.165) is 5.52 Å². The van der Waals surface area contributed by atoms with Crippen LogP contribution in [0.2, 0.25) is 0 Å². The molecule has 4 rings (SSSR count). The van der Waals surface area contributed by atoms with Crippen LogP contribution >= 0.6 is 11.8 Å². The van der Waals surface area contributed by atoms with Crippen molar-refractivity contribution in [2.75, 3.05) is 37.4 Å². The minimum atomic E-state index is -3.62. The van der Waals surface area contributed by atoms with Crippen LogP contribution in [0.3, 0.4) is 0 Å². The van der Waals surface area contributed by atoms with E-state index in [2.05, 4.69) is 10.3 Å². The molecule has 2 heterocycles. The Morgan fingerprint density at radius 2 is 2.03 bits per heavy atom. The van der Waals surface area contributed by atoms with Crippen LogP contribution in [0.25, 0.3) is 11.0 Å². The fourth-order valence-corrected chi connectivity index (χ4v) is 5.90. The first-order valence-electron chi connectivity index (χ1n) is 10.4. The van der Waals surface area contributed by atoms with Gasteiger partial charge >= 0.3 is 0 Å². The van der Waals surface area contributed by atoms with Crippen LogP contribution in [0.15, 0.2) is 52.5 Å². The summed E-state index contributed by atoms with van der Waals surface area (Å²) in [5, 5.41) is 12.4. The predicted molar refractivity (Wildman–Crippen MR) is 125 cm³/mol. The third-order valence-corrected chi connectivity index (χ3v) is 8.09. The second-order valence-electron chi connectivity index (χ2n) is 7.34. The highest BCUT2D eigenvalue weighted by atomic mass is 32.2. The number of hydrogen-bond acceptors (Lipinski definition) is 7. The van der Waals surface area contributed by atoms with Crippen molar-refractivity contribution in [1.82, 2.24) is 13.9 Å².